The summed E-state index contributed by atoms with van der Waals surface area (Å²) in [5.74, 6) is -0.786. The van der Waals surface area contributed by atoms with Gasteiger partial charge in [0.05, 0.1) is 16.8 Å². The summed E-state index contributed by atoms with van der Waals surface area (Å²) in [5, 5.41) is 3.05. The smallest absolute Gasteiger partial charge is 0.400 e. The maximum Gasteiger partial charge on any atom is 0.491 e. The lowest BCUT2D eigenvalue weighted by molar-refractivity contribution is 0.00578. The van der Waals surface area contributed by atoms with Crippen LogP contribution in [-0.2, 0) is 9.31 Å². The van der Waals surface area contributed by atoms with Crippen LogP contribution in [0.5, 0.6) is 0 Å². The van der Waals surface area contributed by atoms with Gasteiger partial charge in [0, 0.05) is 12.7 Å². The van der Waals surface area contributed by atoms with Crippen molar-refractivity contribution in [2.24, 2.45) is 0 Å². The van der Waals surface area contributed by atoms with E-state index in [-0.39, 0.29) is 5.56 Å². The van der Waals surface area contributed by atoms with E-state index in [0.717, 1.165) is 5.47 Å². The maximum absolute atomic E-state index is 13.7. The number of rotatable bonds is 5. The van der Waals surface area contributed by atoms with Crippen molar-refractivity contribution in [3.63, 3.8) is 0 Å². The third kappa shape index (κ3) is 3.52. The Kier molecular flexibility index (Phi) is 5.03. The van der Waals surface area contributed by atoms with Gasteiger partial charge < -0.3 is 14.6 Å². The van der Waals surface area contributed by atoms with Crippen molar-refractivity contribution in [3.05, 3.63) is 34.8 Å². The van der Waals surface area contributed by atoms with Gasteiger partial charge >= 0.3 is 7.12 Å². The largest absolute Gasteiger partial charge is 0.491 e. The van der Waals surface area contributed by atoms with Crippen LogP contribution >= 0.6 is 0 Å². The number of halogens is 1. The molecular formula is C16H22BFN2O3. The number of likely N-dealkylation sites (N-methyl/N-ethyl adjacent to an activating group) is 1. The van der Waals surface area contributed by atoms with Crippen LogP contribution in [0, 0.1) is 5.95 Å². The van der Waals surface area contributed by atoms with Crippen LogP contribution in [0.3, 0.4) is 0 Å². The molecule has 0 spiro atoms. The first-order valence-corrected chi connectivity index (χ1v) is 7.52. The van der Waals surface area contributed by atoms with Gasteiger partial charge in [-0.25, -0.2) is 4.98 Å². The molecule has 0 amide bonds. The Morgan fingerprint density at radius 3 is 2.48 bits per heavy atom. The summed E-state index contributed by atoms with van der Waals surface area (Å²) >= 11 is 0. The number of hydrogen-bond acceptors (Lipinski definition) is 5. The van der Waals surface area contributed by atoms with E-state index in [1.807, 2.05) is 27.7 Å². The SMILES string of the molecule is CNCC(=Cc1ccnc(F)c1C=O)B1OC(C)(C)C(C)(C)O1. The summed E-state index contributed by atoms with van der Waals surface area (Å²) in [6.45, 7) is 8.35. The minimum absolute atomic E-state index is 0.0716. The molecule has 2 rings (SSSR count). The van der Waals surface area contributed by atoms with E-state index >= 15 is 0 Å². The summed E-state index contributed by atoms with van der Waals surface area (Å²) in [4.78, 5) is 14.6. The first-order chi connectivity index (χ1) is 10.7. The van der Waals surface area contributed by atoms with E-state index < -0.39 is 24.3 Å². The molecule has 5 nitrogen and oxygen atoms in total. The number of carbonyl (C=O) groups is 1. The van der Waals surface area contributed by atoms with Gasteiger partial charge in [-0.2, -0.15) is 4.39 Å². The molecule has 1 aliphatic rings. The molecule has 1 aromatic rings. The molecule has 1 fully saturated rings. The molecule has 0 radical (unpaired) electrons. The van der Waals surface area contributed by atoms with Gasteiger partial charge in [-0.1, -0.05) is 6.08 Å². The number of carbonyl (C=O) groups excluding carboxylic acids is 1. The van der Waals surface area contributed by atoms with Crippen molar-refractivity contribution < 1.29 is 18.5 Å². The van der Waals surface area contributed by atoms with Crippen molar-refractivity contribution in [1.29, 1.82) is 0 Å². The molecule has 124 valence electrons. The number of nitrogens with one attached hydrogen (secondary N) is 1. The first-order valence-electron chi connectivity index (χ1n) is 7.52. The molecule has 0 aromatic carbocycles. The summed E-state index contributed by atoms with van der Waals surface area (Å²) in [5.41, 5.74) is 0.216. The van der Waals surface area contributed by atoms with E-state index in [4.69, 9.17) is 9.31 Å². The fraction of sp³-hybridized carbons (Fsp3) is 0.500. The molecule has 23 heavy (non-hydrogen) atoms. The lowest BCUT2D eigenvalue weighted by Crippen LogP contribution is -2.41. The molecule has 2 heterocycles. The summed E-state index contributed by atoms with van der Waals surface area (Å²) < 4.78 is 25.7. The van der Waals surface area contributed by atoms with Gasteiger partial charge in [0.25, 0.3) is 0 Å². The van der Waals surface area contributed by atoms with E-state index in [9.17, 15) is 9.18 Å². The third-order valence-corrected chi connectivity index (χ3v) is 4.37. The fourth-order valence-electron chi connectivity index (χ4n) is 2.30. The van der Waals surface area contributed by atoms with Crippen LogP contribution in [0.15, 0.2) is 17.7 Å². The lowest BCUT2D eigenvalue weighted by Gasteiger charge is -2.32. The van der Waals surface area contributed by atoms with E-state index in [2.05, 4.69) is 10.3 Å². The Morgan fingerprint density at radius 1 is 1.35 bits per heavy atom. The zero-order chi connectivity index (χ0) is 17.3. The number of pyridine rings is 1. The second-order valence-electron chi connectivity index (χ2n) is 6.56. The second kappa shape index (κ2) is 6.51. The summed E-state index contributed by atoms with van der Waals surface area (Å²) in [6.07, 6.45) is 3.51. The Hall–Kier alpha value is -1.57. The van der Waals surface area contributed by atoms with Crippen LogP contribution in [-0.4, -0.2) is 43.2 Å². The Labute approximate surface area is 136 Å². The van der Waals surface area contributed by atoms with Crippen LogP contribution in [0.1, 0.15) is 43.6 Å². The Morgan fingerprint density at radius 2 is 1.96 bits per heavy atom. The molecular weight excluding hydrogens is 298 g/mol. The molecule has 0 bridgehead atoms. The minimum atomic E-state index is -0.786. The molecule has 1 aliphatic heterocycles. The monoisotopic (exact) mass is 320 g/mol. The van der Waals surface area contributed by atoms with Crippen molar-refractivity contribution in [1.82, 2.24) is 10.3 Å². The van der Waals surface area contributed by atoms with Crippen molar-refractivity contribution in [3.8, 4) is 0 Å². The molecule has 1 N–H and O–H groups in total. The molecule has 0 saturated carbocycles. The minimum Gasteiger partial charge on any atom is -0.400 e. The van der Waals surface area contributed by atoms with Crippen molar-refractivity contribution in [2.75, 3.05) is 13.6 Å². The predicted molar refractivity (Wildman–Crippen MR) is 87.6 cm³/mol. The second-order valence-corrected chi connectivity index (χ2v) is 6.56. The molecule has 0 atom stereocenters. The van der Waals surface area contributed by atoms with Gasteiger partial charge in [-0.3, -0.25) is 4.79 Å². The zero-order valence-corrected chi connectivity index (χ0v) is 14.1. The highest BCUT2D eigenvalue weighted by atomic mass is 19.1. The molecule has 1 aromatic heterocycles. The highest BCUT2D eigenvalue weighted by Gasteiger charge is 2.52. The Balaban J connectivity index is 2.40. The highest BCUT2D eigenvalue weighted by Crippen LogP contribution is 2.38. The van der Waals surface area contributed by atoms with Gasteiger partial charge in [0.2, 0.25) is 5.95 Å². The first kappa shape index (κ1) is 17.8. The van der Waals surface area contributed by atoms with Crippen LogP contribution in [0.2, 0.25) is 0 Å². The predicted octanol–water partition coefficient (Wildman–Crippen LogP) is 2.27. The van der Waals surface area contributed by atoms with Crippen LogP contribution < -0.4 is 5.32 Å². The topological polar surface area (TPSA) is 60.5 Å². The zero-order valence-electron chi connectivity index (χ0n) is 14.1. The van der Waals surface area contributed by atoms with Gasteiger partial charge in [-0.15, -0.1) is 0 Å². The van der Waals surface area contributed by atoms with Gasteiger partial charge in [0.15, 0.2) is 6.29 Å². The average molecular weight is 320 g/mol. The fourth-order valence-corrected chi connectivity index (χ4v) is 2.30. The summed E-state index contributed by atoms with van der Waals surface area (Å²) in [7, 11) is 1.23. The van der Waals surface area contributed by atoms with E-state index in [1.165, 1.54) is 6.20 Å². The standard InChI is InChI=1S/C16H22BFN2O3/c1-15(2)16(3,4)23-17(22-15)12(9-19-5)8-11-6-7-20-14(18)13(11)10-21/h6-8,10,19H,9H2,1-5H3. The number of aromatic nitrogens is 1. The van der Waals surface area contributed by atoms with E-state index in [0.29, 0.717) is 18.4 Å². The Bertz CT molecular complexity index is 616. The molecule has 0 aliphatic carbocycles. The number of nitrogens with zero attached hydrogens (tertiary/aromatic N) is 1. The third-order valence-electron chi connectivity index (χ3n) is 4.37. The molecule has 1 saturated heterocycles. The molecule has 0 unspecified atom stereocenters. The number of aldehydes is 1. The molecule has 7 heteroatoms. The average Bonchev–Trinajstić information content (AvgIpc) is 2.67. The normalized spacial score (nSPS) is 19.9. The maximum atomic E-state index is 13.7. The lowest BCUT2D eigenvalue weighted by atomic mass is 9.76. The van der Waals surface area contributed by atoms with E-state index in [1.54, 1.807) is 19.2 Å². The quantitative estimate of drug-likeness (QED) is 0.512. The van der Waals surface area contributed by atoms with Crippen LogP contribution in [0.25, 0.3) is 6.08 Å². The van der Waals surface area contributed by atoms with Crippen LogP contribution in [0.4, 0.5) is 4.39 Å². The van der Waals surface area contributed by atoms with Gasteiger partial charge in [-0.05, 0) is 51.8 Å². The van der Waals surface area contributed by atoms with Crippen molar-refractivity contribution in [2.45, 2.75) is 38.9 Å². The number of hydrogen-bond donors (Lipinski definition) is 1. The highest BCUT2D eigenvalue weighted by molar-refractivity contribution is 6.56. The summed E-state index contributed by atoms with van der Waals surface area (Å²) in [6, 6.07) is 1.59. The van der Waals surface area contributed by atoms with Crippen molar-refractivity contribution >= 4 is 19.5 Å². The van der Waals surface area contributed by atoms with Gasteiger partial charge in [0.1, 0.15) is 0 Å².